The third-order valence-electron chi connectivity index (χ3n) is 5.76. The van der Waals surface area contributed by atoms with E-state index in [1.54, 1.807) is 0 Å². The van der Waals surface area contributed by atoms with Crippen LogP contribution in [0.1, 0.15) is 47.0 Å². The molecule has 2 aliphatic rings. The first-order valence-electron chi connectivity index (χ1n) is 5.51. The molecule has 0 spiro atoms. The van der Waals surface area contributed by atoms with Crippen LogP contribution in [0.3, 0.4) is 0 Å². The second-order valence-electron chi connectivity index (χ2n) is 6.13. The standard InChI is InChI=1S/C13H22/c1-6-13(5)11(2,3)10-7-8-12(13,4)9-10/h6,10H,1,7-9H2,2-5H3/t10-,12+,13-/m0/s1. The Morgan fingerprint density at radius 2 is 1.85 bits per heavy atom. The van der Waals surface area contributed by atoms with Crippen molar-refractivity contribution in [3.63, 3.8) is 0 Å². The van der Waals surface area contributed by atoms with Crippen molar-refractivity contribution in [3.8, 4) is 0 Å². The zero-order valence-electron chi connectivity index (χ0n) is 9.48. The molecule has 2 bridgehead atoms. The molecule has 2 aliphatic carbocycles. The second kappa shape index (κ2) is 2.21. The van der Waals surface area contributed by atoms with Gasteiger partial charge in [-0.15, -0.1) is 6.58 Å². The molecule has 74 valence electrons. The molecule has 2 rings (SSSR count). The predicted octanol–water partition coefficient (Wildman–Crippen LogP) is 4.02. The summed E-state index contributed by atoms with van der Waals surface area (Å²) >= 11 is 0. The number of allylic oxidation sites excluding steroid dienone is 1. The van der Waals surface area contributed by atoms with Gasteiger partial charge in [-0.1, -0.05) is 33.8 Å². The summed E-state index contributed by atoms with van der Waals surface area (Å²) in [7, 11) is 0. The van der Waals surface area contributed by atoms with Gasteiger partial charge in [0.05, 0.1) is 0 Å². The Hall–Kier alpha value is -0.260. The molecule has 0 saturated heterocycles. The van der Waals surface area contributed by atoms with Crippen LogP contribution < -0.4 is 0 Å². The molecule has 0 aliphatic heterocycles. The number of hydrogen-bond donors (Lipinski definition) is 0. The van der Waals surface area contributed by atoms with E-state index in [1.165, 1.54) is 19.3 Å². The predicted molar refractivity (Wildman–Crippen MR) is 57.5 cm³/mol. The van der Waals surface area contributed by atoms with Crippen LogP contribution in [0.5, 0.6) is 0 Å². The van der Waals surface area contributed by atoms with Crippen LogP contribution in [0, 0.1) is 22.2 Å². The highest BCUT2D eigenvalue weighted by molar-refractivity contribution is 5.20. The SMILES string of the molecule is C=C[C@@]1(C)C(C)(C)[C@H]2CC[C@]1(C)C2. The first kappa shape index (κ1) is 9.30. The van der Waals surface area contributed by atoms with Gasteiger partial charge < -0.3 is 0 Å². The van der Waals surface area contributed by atoms with Gasteiger partial charge in [-0.05, 0) is 41.4 Å². The van der Waals surface area contributed by atoms with E-state index in [0.29, 0.717) is 16.2 Å². The second-order valence-corrected chi connectivity index (χ2v) is 6.13. The molecule has 0 amide bonds. The molecule has 0 radical (unpaired) electrons. The number of fused-ring (bicyclic) bond motifs is 2. The Morgan fingerprint density at radius 3 is 2.15 bits per heavy atom. The molecule has 2 fully saturated rings. The normalized spacial score (nSPS) is 52.5. The molecule has 0 aromatic heterocycles. The van der Waals surface area contributed by atoms with Gasteiger partial charge in [0, 0.05) is 0 Å². The Morgan fingerprint density at radius 1 is 1.23 bits per heavy atom. The number of rotatable bonds is 1. The molecular formula is C13H22. The maximum absolute atomic E-state index is 4.07. The van der Waals surface area contributed by atoms with Crippen molar-refractivity contribution in [2.75, 3.05) is 0 Å². The highest BCUT2D eigenvalue weighted by Gasteiger charge is 2.64. The van der Waals surface area contributed by atoms with E-state index in [2.05, 4.69) is 40.3 Å². The minimum absolute atomic E-state index is 0.350. The highest BCUT2D eigenvalue weighted by atomic mass is 14.7. The lowest BCUT2D eigenvalue weighted by molar-refractivity contribution is 0.0170. The molecule has 0 aromatic rings. The topological polar surface area (TPSA) is 0 Å². The van der Waals surface area contributed by atoms with Gasteiger partial charge in [0.2, 0.25) is 0 Å². The summed E-state index contributed by atoms with van der Waals surface area (Å²) < 4.78 is 0. The quantitative estimate of drug-likeness (QED) is 0.532. The van der Waals surface area contributed by atoms with E-state index in [4.69, 9.17) is 0 Å². The van der Waals surface area contributed by atoms with Crippen LogP contribution in [-0.4, -0.2) is 0 Å². The van der Waals surface area contributed by atoms with E-state index < -0.39 is 0 Å². The zero-order chi connectivity index (χ0) is 9.91. The molecule has 13 heavy (non-hydrogen) atoms. The summed E-state index contributed by atoms with van der Waals surface area (Å²) in [4.78, 5) is 0. The van der Waals surface area contributed by atoms with Crippen LogP contribution >= 0.6 is 0 Å². The van der Waals surface area contributed by atoms with Crippen molar-refractivity contribution in [3.05, 3.63) is 12.7 Å². The molecule has 0 aromatic carbocycles. The lowest BCUT2D eigenvalue weighted by atomic mass is 9.54. The Kier molecular flexibility index (Phi) is 1.58. The molecule has 0 unspecified atom stereocenters. The van der Waals surface area contributed by atoms with Crippen LogP contribution in [0.15, 0.2) is 12.7 Å². The van der Waals surface area contributed by atoms with E-state index in [-0.39, 0.29) is 0 Å². The van der Waals surface area contributed by atoms with Crippen molar-refractivity contribution in [1.82, 2.24) is 0 Å². The monoisotopic (exact) mass is 178 g/mol. The summed E-state index contributed by atoms with van der Waals surface area (Å²) in [6.07, 6.45) is 6.49. The lowest BCUT2D eigenvalue weighted by Crippen LogP contribution is -2.43. The molecule has 0 nitrogen and oxygen atoms in total. The van der Waals surface area contributed by atoms with E-state index in [0.717, 1.165) is 5.92 Å². The summed E-state index contributed by atoms with van der Waals surface area (Å²) in [6, 6.07) is 0. The summed E-state index contributed by atoms with van der Waals surface area (Å²) in [5.41, 5.74) is 1.34. The van der Waals surface area contributed by atoms with Crippen molar-refractivity contribution >= 4 is 0 Å². The fourth-order valence-corrected chi connectivity index (χ4v) is 4.04. The fourth-order valence-electron chi connectivity index (χ4n) is 4.04. The van der Waals surface area contributed by atoms with Crippen molar-refractivity contribution < 1.29 is 0 Å². The first-order chi connectivity index (χ1) is 5.87. The molecule has 0 N–H and O–H groups in total. The minimum Gasteiger partial charge on any atom is -0.102 e. The zero-order valence-corrected chi connectivity index (χ0v) is 9.48. The summed E-state index contributed by atoms with van der Waals surface area (Å²) in [5, 5.41) is 0. The van der Waals surface area contributed by atoms with Crippen LogP contribution in [0.25, 0.3) is 0 Å². The van der Waals surface area contributed by atoms with Crippen molar-refractivity contribution in [2.45, 2.75) is 47.0 Å². The molecule has 2 saturated carbocycles. The van der Waals surface area contributed by atoms with E-state index in [9.17, 15) is 0 Å². The van der Waals surface area contributed by atoms with E-state index >= 15 is 0 Å². The molecular weight excluding hydrogens is 156 g/mol. The average Bonchev–Trinajstić information content (AvgIpc) is 2.51. The van der Waals surface area contributed by atoms with Crippen LogP contribution in [0.2, 0.25) is 0 Å². The molecule has 0 heterocycles. The largest absolute Gasteiger partial charge is 0.102 e. The Labute approximate surface area is 82.4 Å². The van der Waals surface area contributed by atoms with Crippen LogP contribution in [0.4, 0.5) is 0 Å². The first-order valence-corrected chi connectivity index (χ1v) is 5.51. The van der Waals surface area contributed by atoms with Gasteiger partial charge in [0.15, 0.2) is 0 Å². The average molecular weight is 178 g/mol. The molecule has 3 atom stereocenters. The maximum Gasteiger partial charge on any atom is -0.00416 e. The van der Waals surface area contributed by atoms with Gasteiger partial charge in [0.25, 0.3) is 0 Å². The smallest absolute Gasteiger partial charge is 0.00416 e. The lowest BCUT2D eigenvalue weighted by Gasteiger charge is -2.50. The third kappa shape index (κ3) is 0.782. The maximum atomic E-state index is 4.07. The Balaban J connectivity index is 2.51. The van der Waals surface area contributed by atoms with Gasteiger partial charge in [-0.2, -0.15) is 0 Å². The van der Waals surface area contributed by atoms with E-state index in [1.807, 2.05) is 0 Å². The van der Waals surface area contributed by atoms with Gasteiger partial charge in [-0.25, -0.2) is 0 Å². The fraction of sp³-hybridized carbons (Fsp3) is 0.846. The number of hydrogen-bond acceptors (Lipinski definition) is 0. The van der Waals surface area contributed by atoms with Gasteiger partial charge >= 0.3 is 0 Å². The van der Waals surface area contributed by atoms with Crippen LogP contribution in [-0.2, 0) is 0 Å². The third-order valence-corrected chi connectivity index (χ3v) is 5.76. The van der Waals surface area contributed by atoms with Crippen molar-refractivity contribution in [2.24, 2.45) is 22.2 Å². The van der Waals surface area contributed by atoms with Gasteiger partial charge in [0.1, 0.15) is 0 Å². The summed E-state index contributed by atoms with van der Waals surface area (Å²) in [6.45, 7) is 13.8. The highest BCUT2D eigenvalue weighted by Crippen LogP contribution is 2.72. The van der Waals surface area contributed by atoms with Crippen molar-refractivity contribution in [1.29, 1.82) is 0 Å². The summed E-state index contributed by atoms with van der Waals surface area (Å²) in [5.74, 6) is 0.931. The minimum atomic E-state index is 0.350. The Bertz CT molecular complexity index is 244. The molecule has 0 heteroatoms. The van der Waals surface area contributed by atoms with Gasteiger partial charge in [-0.3, -0.25) is 0 Å².